The van der Waals surface area contributed by atoms with E-state index in [1.165, 1.54) is 36.4 Å². The van der Waals surface area contributed by atoms with Gasteiger partial charge in [-0.1, -0.05) is 23.2 Å². The molecule has 0 saturated heterocycles. The lowest BCUT2D eigenvalue weighted by Crippen LogP contribution is -2.32. The molecule has 31 heavy (non-hydrogen) atoms. The molecule has 1 amide bonds. The number of hydrogen-bond acceptors (Lipinski definition) is 5. The highest BCUT2D eigenvalue weighted by molar-refractivity contribution is 7.89. The predicted molar refractivity (Wildman–Crippen MR) is 125 cm³/mol. The quantitative estimate of drug-likeness (QED) is 0.356. The molecule has 0 aliphatic rings. The van der Waals surface area contributed by atoms with E-state index < -0.39 is 15.9 Å². The molecule has 4 N–H and O–H groups in total. The van der Waals surface area contributed by atoms with Gasteiger partial charge in [-0.05, 0) is 72.9 Å². The number of furan rings is 1. The Balaban J connectivity index is 1.58. The van der Waals surface area contributed by atoms with Crippen LogP contribution < -0.4 is 15.8 Å². The number of thiocarbonyl (C=S) groups is 1. The van der Waals surface area contributed by atoms with Crippen LogP contribution in [0.1, 0.15) is 5.76 Å². The van der Waals surface area contributed by atoms with E-state index in [0.717, 1.165) is 0 Å². The van der Waals surface area contributed by atoms with E-state index >= 15 is 0 Å². The standard InChI is InChI=1S/C20H15Cl2N3O4S2/c21-12-1-8-16(17(22)11-12)18-9-4-14(29-18)5-10-19(26)25-20(30)24-13-2-6-15(7-3-13)31(23,27)28/h1-11H,(H2,23,27,28)(H2,24,25,26,30)/b10-5+. The second kappa shape index (κ2) is 9.63. The molecule has 11 heteroatoms. The molecule has 1 aromatic heterocycles. The van der Waals surface area contributed by atoms with Gasteiger partial charge in [0.1, 0.15) is 11.5 Å². The summed E-state index contributed by atoms with van der Waals surface area (Å²) in [7, 11) is -3.78. The van der Waals surface area contributed by atoms with Crippen molar-refractivity contribution in [2.45, 2.75) is 4.90 Å². The van der Waals surface area contributed by atoms with Gasteiger partial charge in [-0.3, -0.25) is 10.1 Å². The van der Waals surface area contributed by atoms with Gasteiger partial charge in [-0.25, -0.2) is 13.6 Å². The number of hydrogen-bond donors (Lipinski definition) is 3. The molecular weight excluding hydrogens is 481 g/mol. The van der Waals surface area contributed by atoms with Crippen molar-refractivity contribution in [1.29, 1.82) is 0 Å². The fraction of sp³-hybridized carbons (Fsp3) is 0. The number of rotatable bonds is 5. The smallest absolute Gasteiger partial charge is 0.250 e. The lowest BCUT2D eigenvalue weighted by atomic mass is 10.2. The van der Waals surface area contributed by atoms with Crippen LogP contribution in [0.2, 0.25) is 10.0 Å². The minimum Gasteiger partial charge on any atom is -0.457 e. The molecular formula is C20H15Cl2N3O4S2. The third-order valence-corrected chi connectivity index (χ3v) is 5.58. The lowest BCUT2D eigenvalue weighted by Gasteiger charge is -2.08. The Morgan fingerprint density at radius 1 is 1.06 bits per heavy atom. The van der Waals surface area contributed by atoms with E-state index in [2.05, 4.69) is 10.6 Å². The molecule has 0 saturated carbocycles. The van der Waals surface area contributed by atoms with Gasteiger partial charge in [0.15, 0.2) is 5.11 Å². The molecule has 7 nitrogen and oxygen atoms in total. The summed E-state index contributed by atoms with van der Waals surface area (Å²) in [6.07, 6.45) is 2.73. The zero-order valence-electron chi connectivity index (χ0n) is 15.6. The summed E-state index contributed by atoms with van der Waals surface area (Å²) in [5.41, 5.74) is 1.16. The molecule has 0 spiro atoms. The van der Waals surface area contributed by atoms with Crippen LogP contribution in [0.3, 0.4) is 0 Å². The molecule has 0 aliphatic heterocycles. The van der Waals surface area contributed by atoms with Crippen molar-refractivity contribution in [1.82, 2.24) is 5.32 Å². The zero-order chi connectivity index (χ0) is 22.6. The van der Waals surface area contributed by atoms with Crippen LogP contribution in [0.15, 0.2) is 70.0 Å². The Labute approximate surface area is 193 Å². The van der Waals surface area contributed by atoms with E-state index in [9.17, 15) is 13.2 Å². The summed E-state index contributed by atoms with van der Waals surface area (Å²) in [5.74, 6) is 0.483. The first-order valence-electron chi connectivity index (χ1n) is 8.60. The van der Waals surface area contributed by atoms with Crippen LogP contribution in [0, 0.1) is 0 Å². The highest BCUT2D eigenvalue weighted by Gasteiger charge is 2.10. The molecule has 0 bridgehead atoms. The monoisotopic (exact) mass is 495 g/mol. The number of benzene rings is 2. The molecule has 0 atom stereocenters. The van der Waals surface area contributed by atoms with E-state index in [-0.39, 0.29) is 10.0 Å². The van der Waals surface area contributed by atoms with Crippen LogP contribution in [-0.2, 0) is 14.8 Å². The minimum atomic E-state index is -3.78. The number of sulfonamides is 1. The Bertz CT molecular complexity index is 1270. The maximum absolute atomic E-state index is 12.1. The number of amides is 1. The summed E-state index contributed by atoms with van der Waals surface area (Å²) in [6, 6.07) is 14.1. The summed E-state index contributed by atoms with van der Waals surface area (Å²) < 4.78 is 28.2. The fourth-order valence-electron chi connectivity index (χ4n) is 2.48. The highest BCUT2D eigenvalue weighted by atomic mass is 35.5. The van der Waals surface area contributed by atoms with E-state index in [0.29, 0.717) is 32.8 Å². The summed E-state index contributed by atoms with van der Waals surface area (Å²) in [6.45, 7) is 0. The average Bonchev–Trinajstić information content (AvgIpc) is 3.14. The topological polar surface area (TPSA) is 114 Å². The van der Waals surface area contributed by atoms with Crippen LogP contribution in [-0.4, -0.2) is 19.4 Å². The Morgan fingerprint density at radius 2 is 1.77 bits per heavy atom. The van der Waals surface area contributed by atoms with Crippen molar-refractivity contribution in [3.63, 3.8) is 0 Å². The number of anilines is 1. The number of nitrogens with one attached hydrogen (secondary N) is 2. The van der Waals surface area contributed by atoms with Crippen molar-refractivity contribution in [2.75, 3.05) is 5.32 Å². The van der Waals surface area contributed by atoms with Gasteiger partial charge in [0, 0.05) is 22.3 Å². The lowest BCUT2D eigenvalue weighted by molar-refractivity contribution is -0.115. The molecule has 0 unspecified atom stereocenters. The number of halogens is 2. The molecule has 160 valence electrons. The first-order valence-corrected chi connectivity index (χ1v) is 11.3. The molecule has 3 rings (SSSR count). The predicted octanol–water partition coefficient (Wildman–Crippen LogP) is 4.43. The van der Waals surface area contributed by atoms with E-state index in [1.807, 2.05) is 0 Å². The molecule has 1 heterocycles. The van der Waals surface area contributed by atoms with Crippen molar-refractivity contribution in [2.24, 2.45) is 5.14 Å². The fourth-order valence-corrected chi connectivity index (χ4v) is 3.71. The van der Waals surface area contributed by atoms with Crippen molar-refractivity contribution < 1.29 is 17.6 Å². The third kappa shape index (κ3) is 6.39. The molecule has 0 fully saturated rings. The normalized spacial score (nSPS) is 11.5. The van der Waals surface area contributed by atoms with Gasteiger partial charge < -0.3 is 9.73 Å². The summed E-state index contributed by atoms with van der Waals surface area (Å²) in [4.78, 5) is 12.0. The number of nitrogens with two attached hydrogens (primary N) is 1. The van der Waals surface area contributed by atoms with Crippen LogP contribution in [0.5, 0.6) is 0 Å². The maximum Gasteiger partial charge on any atom is 0.250 e. The Kier molecular flexibility index (Phi) is 7.14. The molecule has 0 radical (unpaired) electrons. The van der Waals surface area contributed by atoms with E-state index in [4.69, 9.17) is 45.0 Å². The first kappa shape index (κ1) is 23.0. The van der Waals surface area contributed by atoms with Gasteiger partial charge in [0.2, 0.25) is 15.9 Å². The second-order valence-electron chi connectivity index (χ2n) is 6.17. The first-order chi connectivity index (χ1) is 14.6. The second-order valence-corrected chi connectivity index (χ2v) is 8.99. The summed E-state index contributed by atoms with van der Waals surface area (Å²) >= 11 is 17.1. The number of carbonyl (C=O) groups is 1. The molecule has 3 aromatic rings. The molecule has 0 aliphatic carbocycles. The SMILES string of the molecule is NS(=O)(=O)c1ccc(NC(=S)NC(=O)/C=C/c2ccc(-c3ccc(Cl)cc3Cl)o2)cc1. The summed E-state index contributed by atoms with van der Waals surface area (Å²) in [5, 5.41) is 11.3. The molecule has 2 aromatic carbocycles. The van der Waals surface area contributed by atoms with Crippen molar-refractivity contribution in [3.8, 4) is 11.3 Å². The number of primary sulfonamides is 1. The van der Waals surface area contributed by atoms with E-state index in [1.54, 1.807) is 30.3 Å². The highest BCUT2D eigenvalue weighted by Crippen LogP contribution is 2.31. The Hall–Kier alpha value is -2.69. The largest absolute Gasteiger partial charge is 0.457 e. The van der Waals surface area contributed by atoms with Gasteiger partial charge >= 0.3 is 0 Å². The van der Waals surface area contributed by atoms with Gasteiger partial charge in [0.25, 0.3) is 0 Å². The number of carbonyl (C=O) groups excluding carboxylic acids is 1. The van der Waals surface area contributed by atoms with Crippen molar-refractivity contribution in [3.05, 3.63) is 76.5 Å². The van der Waals surface area contributed by atoms with Crippen LogP contribution in [0.25, 0.3) is 17.4 Å². The minimum absolute atomic E-state index is 0.0334. The van der Waals surface area contributed by atoms with Gasteiger partial charge in [-0.15, -0.1) is 0 Å². The van der Waals surface area contributed by atoms with Gasteiger partial charge in [0.05, 0.1) is 9.92 Å². The average molecular weight is 496 g/mol. The Morgan fingerprint density at radius 3 is 2.42 bits per heavy atom. The van der Waals surface area contributed by atoms with Crippen molar-refractivity contribution >= 4 is 68.2 Å². The van der Waals surface area contributed by atoms with Gasteiger partial charge in [-0.2, -0.15) is 0 Å². The van der Waals surface area contributed by atoms with Crippen LogP contribution in [0.4, 0.5) is 5.69 Å². The zero-order valence-corrected chi connectivity index (χ0v) is 18.8. The maximum atomic E-state index is 12.1. The van der Waals surface area contributed by atoms with Crippen LogP contribution >= 0.6 is 35.4 Å². The third-order valence-electron chi connectivity index (χ3n) is 3.90.